The van der Waals surface area contributed by atoms with Gasteiger partial charge in [0.25, 0.3) is 0 Å². The summed E-state index contributed by atoms with van der Waals surface area (Å²) < 4.78 is 19.3. The maximum atomic E-state index is 13.8. The summed E-state index contributed by atoms with van der Waals surface area (Å²) in [6, 6.07) is 6.50. The summed E-state index contributed by atoms with van der Waals surface area (Å²) in [7, 11) is 1.53. The highest BCUT2D eigenvalue weighted by Crippen LogP contribution is 2.28. The first-order valence-corrected chi connectivity index (χ1v) is 6.65. The van der Waals surface area contributed by atoms with Crippen molar-refractivity contribution in [3.8, 4) is 0 Å². The summed E-state index contributed by atoms with van der Waals surface area (Å²) in [5, 5.41) is 2.87. The molecule has 1 aliphatic carbocycles. The van der Waals surface area contributed by atoms with Crippen LogP contribution in [0, 0.1) is 11.7 Å². The Morgan fingerprint density at radius 3 is 2.68 bits per heavy atom. The van der Waals surface area contributed by atoms with Crippen LogP contribution in [0.3, 0.4) is 0 Å². The number of hydrogen-bond donors (Lipinski definition) is 1. The zero-order chi connectivity index (χ0) is 13.9. The smallest absolute Gasteiger partial charge is 0.223 e. The minimum absolute atomic E-state index is 0.0471. The van der Waals surface area contributed by atoms with Gasteiger partial charge in [-0.1, -0.05) is 24.6 Å². The van der Waals surface area contributed by atoms with Crippen molar-refractivity contribution < 1.29 is 13.9 Å². The zero-order valence-corrected chi connectivity index (χ0v) is 11.4. The minimum Gasteiger partial charge on any atom is -0.372 e. The Hall–Kier alpha value is -1.42. The highest BCUT2D eigenvalue weighted by molar-refractivity contribution is 5.79. The molecular weight excluding hydrogens is 245 g/mol. The largest absolute Gasteiger partial charge is 0.372 e. The van der Waals surface area contributed by atoms with Gasteiger partial charge >= 0.3 is 0 Å². The minimum atomic E-state index is -0.843. The fourth-order valence-corrected chi connectivity index (χ4v) is 2.24. The van der Waals surface area contributed by atoms with Gasteiger partial charge in [-0.25, -0.2) is 4.39 Å². The van der Waals surface area contributed by atoms with Crippen LogP contribution < -0.4 is 5.32 Å². The number of hydrogen-bond acceptors (Lipinski definition) is 2. The Labute approximate surface area is 113 Å². The third-order valence-electron chi connectivity index (χ3n) is 3.97. The van der Waals surface area contributed by atoms with Crippen LogP contribution in [-0.4, -0.2) is 19.6 Å². The van der Waals surface area contributed by atoms with Crippen LogP contribution in [0.15, 0.2) is 24.3 Å². The number of halogens is 1. The lowest BCUT2D eigenvalue weighted by molar-refractivity contribution is -0.129. The van der Waals surface area contributed by atoms with Crippen molar-refractivity contribution in [3.05, 3.63) is 35.6 Å². The van der Waals surface area contributed by atoms with E-state index in [-0.39, 0.29) is 24.2 Å². The summed E-state index contributed by atoms with van der Waals surface area (Å²) in [6.45, 7) is 2.06. The molecule has 3 nitrogen and oxygen atoms in total. The molecule has 0 heterocycles. The molecule has 1 amide bonds. The summed E-state index contributed by atoms with van der Waals surface area (Å²) in [6.07, 6.45) is 3.03. The first-order valence-electron chi connectivity index (χ1n) is 6.65. The predicted molar refractivity (Wildman–Crippen MR) is 71.1 cm³/mol. The average molecular weight is 265 g/mol. The van der Waals surface area contributed by atoms with Crippen molar-refractivity contribution in [1.29, 1.82) is 0 Å². The topological polar surface area (TPSA) is 38.3 Å². The van der Waals surface area contributed by atoms with Crippen LogP contribution in [0.4, 0.5) is 4.39 Å². The van der Waals surface area contributed by atoms with Gasteiger partial charge in [-0.05, 0) is 25.8 Å². The quantitative estimate of drug-likeness (QED) is 0.888. The van der Waals surface area contributed by atoms with Gasteiger partial charge in [0.05, 0.1) is 6.54 Å². The fraction of sp³-hybridized carbons (Fsp3) is 0.533. The van der Waals surface area contributed by atoms with E-state index >= 15 is 0 Å². The molecule has 2 rings (SSSR count). The summed E-state index contributed by atoms with van der Waals surface area (Å²) in [5.41, 5.74) is -0.378. The standard InChI is InChI=1S/C15H20FNO2/c1-15(19-2,12-8-3-4-9-13(12)16)10-17-14(18)11-6-5-7-11/h3-4,8-9,11H,5-7,10H2,1-2H3,(H,17,18). The molecule has 0 spiro atoms. The molecular formula is C15H20FNO2. The molecule has 0 saturated heterocycles. The molecule has 0 aromatic heterocycles. The second kappa shape index (κ2) is 5.70. The van der Waals surface area contributed by atoms with Crippen LogP contribution in [0.25, 0.3) is 0 Å². The monoisotopic (exact) mass is 265 g/mol. The van der Waals surface area contributed by atoms with Crippen LogP contribution in [0.1, 0.15) is 31.7 Å². The lowest BCUT2D eigenvalue weighted by Gasteiger charge is -2.31. The molecule has 19 heavy (non-hydrogen) atoms. The van der Waals surface area contributed by atoms with Gasteiger partial charge in [-0.2, -0.15) is 0 Å². The highest BCUT2D eigenvalue weighted by Gasteiger charge is 2.32. The zero-order valence-electron chi connectivity index (χ0n) is 11.4. The number of ether oxygens (including phenoxy) is 1. The summed E-state index contributed by atoms with van der Waals surface area (Å²) in [4.78, 5) is 11.8. The van der Waals surface area contributed by atoms with E-state index in [0.717, 1.165) is 19.3 Å². The van der Waals surface area contributed by atoms with Gasteiger partial charge in [-0.15, -0.1) is 0 Å². The fourth-order valence-electron chi connectivity index (χ4n) is 2.24. The molecule has 104 valence electrons. The van der Waals surface area contributed by atoms with Crippen molar-refractivity contribution in [3.63, 3.8) is 0 Å². The molecule has 1 atom stereocenters. The summed E-state index contributed by atoms with van der Waals surface area (Å²) >= 11 is 0. The van der Waals surface area contributed by atoms with E-state index in [2.05, 4.69) is 5.32 Å². The third kappa shape index (κ3) is 2.95. The lowest BCUT2D eigenvalue weighted by atomic mass is 9.84. The first kappa shape index (κ1) is 14.0. The van der Waals surface area contributed by atoms with Gasteiger partial charge in [0.1, 0.15) is 11.4 Å². The van der Waals surface area contributed by atoms with Gasteiger partial charge in [0.2, 0.25) is 5.91 Å². The molecule has 0 radical (unpaired) electrons. The molecule has 0 aliphatic heterocycles. The van der Waals surface area contributed by atoms with Crippen molar-refractivity contribution in [1.82, 2.24) is 5.32 Å². The van der Waals surface area contributed by atoms with Crippen LogP contribution >= 0.6 is 0 Å². The van der Waals surface area contributed by atoms with Crippen molar-refractivity contribution in [2.75, 3.05) is 13.7 Å². The molecule has 1 saturated carbocycles. The maximum absolute atomic E-state index is 13.8. The number of methoxy groups -OCH3 is 1. The summed E-state index contributed by atoms with van der Waals surface area (Å²) in [5.74, 6) is -0.141. The van der Waals surface area contributed by atoms with Gasteiger partial charge in [0, 0.05) is 18.6 Å². The molecule has 1 aromatic carbocycles. The Kier molecular flexibility index (Phi) is 4.20. The number of carbonyl (C=O) groups excluding carboxylic acids is 1. The van der Waals surface area contributed by atoms with E-state index in [1.807, 2.05) is 0 Å². The van der Waals surface area contributed by atoms with Crippen molar-refractivity contribution in [2.45, 2.75) is 31.8 Å². The molecule has 0 bridgehead atoms. The third-order valence-corrected chi connectivity index (χ3v) is 3.97. The lowest BCUT2D eigenvalue weighted by Crippen LogP contribution is -2.44. The van der Waals surface area contributed by atoms with Crippen LogP contribution in [-0.2, 0) is 15.1 Å². The van der Waals surface area contributed by atoms with E-state index < -0.39 is 5.60 Å². The Balaban J connectivity index is 2.05. The van der Waals surface area contributed by atoms with E-state index in [4.69, 9.17) is 4.74 Å². The van der Waals surface area contributed by atoms with E-state index in [1.165, 1.54) is 13.2 Å². The highest BCUT2D eigenvalue weighted by atomic mass is 19.1. The number of nitrogens with one attached hydrogen (secondary N) is 1. The molecule has 1 aliphatic rings. The molecule has 1 N–H and O–H groups in total. The number of rotatable bonds is 5. The van der Waals surface area contributed by atoms with Crippen molar-refractivity contribution >= 4 is 5.91 Å². The number of benzene rings is 1. The van der Waals surface area contributed by atoms with E-state index in [1.54, 1.807) is 25.1 Å². The Morgan fingerprint density at radius 1 is 1.47 bits per heavy atom. The predicted octanol–water partition coefficient (Wildman–Crippen LogP) is 2.60. The molecule has 1 fully saturated rings. The van der Waals surface area contributed by atoms with E-state index in [0.29, 0.717) is 5.56 Å². The Morgan fingerprint density at radius 2 is 2.16 bits per heavy atom. The maximum Gasteiger partial charge on any atom is 0.223 e. The SMILES string of the molecule is COC(C)(CNC(=O)C1CCC1)c1ccccc1F. The molecule has 1 aromatic rings. The second-order valence-corrected chi connectivity index (χ2v) is 5.26. The Bertz CT molecular complexity index is 459. The number of carbonyl (C=O) groups is 1. The average Bonchev–Trinajstić information content (AvgIpc) is 2.34. The normalized spacial score (nSPS) is 18.5. The van der Waals surface area contributed by atoms with Crippen molar-refractivity contribution in [2.24, 2.45) is 5.92 Å². The second-order valence-electron chi connectivity index (χ2n) is 5.26. The number of amides is 1. The van der Waals surface area contributed by atoms with Gasteiger partial charge in [0.15, 0.2) is 0 Å². The van der Waals surface area contributed by atoms with Gasteiger partial charge < -0.3 is 10.1 Å². The van der Waals surface area contributed by atoms with E-state index in [9.17, 15) is 9.18 Å². The molecule has 1 unspecified atom stereocenters. The first-order chi connectivity index (χ1) is 9.07. The van der Waals surface area contributed by atoms with Crippen LogP contribution in [0.2, 0.25) is 0 Å². The van der Waals surface area contributed by atoms with Gasteiger partial charge in [-0.3, -0.25) is 4.79 Å². The van der Waals surface area contributed by atoms with Crippen LogP contribution in [0.5, 0.6) is 0 Å². The molecule has 4 heteroatoms.